The van der Waals surface area contributed by atoms with Gasteiger partial charge in [0, 0.05) is 0 Å². The van der Waals surface area contributed by atoms with Crippen LogP contribution in [0.15, 0.2) is 23.1 Å². The third-order valence-electron chi connectivity index (χ3n) is 3.49. The number of carbonyl (C=O) groups is 1. The van der Waals surface area contributed by atoms with Crippen LogP contribution in [0.2, 0.25) is 5.02 Å². The number of halogens is 1. The Morgan fingerprint density at radius 3 is 2.33 bits per heavy atom. The van der Waals surface area contributed by atoms with E-state index in [2.05, 4.69) is 4.72 Å². The number of benzene rings is 1. The molecule has 0 spiro atoms. The van der Waals surface area contributed by atoms with E-state index in [9.17, 15) is 18.3 Å². The number of nitrogens with one attached hydrogen (secondary N) is 1. The van der Waals surface area contributed by atoms with Crippen LogP contribution in [0.1, 0.15) is 37.0 Å². The molecule has 0 heterocycles. The van der Waals surface area contributed by atoms with Gasteiger partial charge in [0.05, 0.1) is 27.6 Å². The summed E-state index contributed by atoms with van der Waals surface area (Å²) in [7, 11) is -3.96. The van der Waals surface area contributed by atoms with E-state index in [0.717, 1.165) is 6.07 Å². The Morgan fingerprint density at radius 2 is 1.90 bits per heavy atom. The van der Waals surface area contributed by atoms with Crippen LogP contribution < -0.4 is 4.72 Å². The first kappa shape index (κ1) is 17.9. The van der Waals surface area contributed by atoms with Crippen LogP contribution in [0.25, 0.3) is 0 Å². The molecule has 0 aromatic heterocycles. The van der Waals surface area contributed by atoms with E-state index in [1.54, 1.807) is 13.8 Å². The maximum absolute atomic E-state index is 12.4. The van der Waals surface area contributed by atoms with Gasteiger partial charge in [-0.05, 0) is 31.0 Å². The Kier molecular flexibility index (Phi) is 5.75. The Labute approximate surface area is 128 Å². The third-order valence-corrected chi connectivity index (χ3v) is 5.39. The average Bonchev–Trinajstić information content (AvgIpc) is 2.44. The average molecular weight is 336 g/mol. The van der Waals surface area contributed by atoms with Gasteiger partial charge in [0.1, 0.15) is 0 Å². The van der Waals surface area contributed by atoms with E-state index in [1.807, 2.05) is 0 Å². The van der Waals surface area contributed by atoms with Crippen LogP contribution in [-0.2, 0) is 10.0 Å². The predicted octanol–water partition coefficient (Wildman–Crippen LogP) is 1.87. The van der Waals surface area contributed by atoms with Gasteiger partial charge < -0.3 is 10.2 Å². The van der Waals surface area contributed by atoms with E-state index >= 15 is 0 Å². The molecule has 6 nitrogen and oxygen atoms in total. The Hall–Kier alpha value is -1.15. The first-order chi connectivity index (χ1) is 9.71. The van der Waals surface area contributed by atoms with Crippen LogP contribution >= 0.6 is 11.6 Å². The summed E-state index contributed by atoms with van der Waals surface area (Å²) in [5.41, 5.74) is -1.26. The number of carboxylic acids is 1. The van der Waals surface area contributed by atoms with E-state index < -0.39 is 21.5 Å². The van der Waals surface area contributed by atoms with Crippen molar-refractivity contribution in [1.82, 2.24) is 4.72 Å². The molecule has 118 valence electrons. The monoisotopic (exact) mass is 335 g/mol. The van der Waals surface area contributed by atoms with E-state index in [1.165, 1.54) is 12.1 Å². The summed E-state index contributed by atoms with van der Waals surface area (Å²) >= 11 is 5.72. The smallest absolute Gasteiger partial charge is 0.337 e. The first-order valence-corrected chi connectivity index (χ1v) is 8.25. The zero-order chi connectivity index (χ0) is 16.3. The lowest BCUT2D eigenvalue weighted by atomic mass is 9.96. The molecule has 0 aliphatic carbocycles. The molecule has 0 saturated carbocycles. The molecule has 8 heteroatoms. The molecule has 21 heavy (non-hydrogen) atoms. The lowest BCUT2D eigenvalue weighted by Crippen LogP contribution is -2.50. The van der Waals surface area contributed by atoms with Crippen LogP contribution in [0.4, 0.5) is 0 Å². The number of hydrogen-bond donors (Lipinski definition) is 3. The summed E-state index contributed by atoms with van der Waals surface area (Å²) in [6.45, 7) is 3.16. The molecule has 1 rings (SSSR count). The van der Waals surface area contributed by atoms with Gasteiger partial charge in [-0.2, -0.15) is 0 Å². The Bertz CT molecular complexity index is 617. The topological polar surface area (TPSA) is 104 Å². The Morgan fingerprint density at radius 1 is 1.33 bits per heavy atom. The fourth-order valence-corrected chi connectivity index (χ4v) is 3.59. The third kappa shape index (κ3) is 3.94. The molecule has 0 bridgehead atoms. The van der Waals surface area contributed by atoms with Gasteiger partial charge in [0.25, 0.3) is 0 Å². The number of aromatic carboxylic acids is 1. The second kappa shape index (κ2) is 6.74. The number of aliphatic hydroxyl groups excluding tert-OH is 1. The molecule has 0 amide bonds. The molecule has 0 aliphatic rings. The minimum absolute atomic E-state index is 0.0409. The Balaban J connectivity index is 3.26. The molecule has 0 atom stereocenters. The second-order valence-corrected chi connectivity index (χ2v) is 6.79. The number of aliphatic hydroxyl groups is 1. The summed E-state index contributed by atoms with van der Waals surface area (Å²) in [5, 5.41) is 18.4. The number of hydrogen-bond acceptors (Lipinski definition) is 4. The number of rotatable bonds is 7. The number of sulfonamides is 1. The van der Waals surface area contributed by atoms with Crippen molar-refractivity contribution in [3.8, 4) is 0 Å². The zero-order valence-corrected chi connectivity index (χ0v) is 13.3. The van der Waals surface area contributed by atoms with Crippen molar-refractivity contribution in [3.05, 3.63) is 28.8 Å². The van der Waals surface area contributed by atoms with Crippen LogP contribution in [0.5, 0.6) is 0 Å². The van der Waals surface area contributed by atoms with E-state index in [4.69, 9.17) is 16.7 Å². The van der Waals surface area contributed by atoms with Crippen molar-refractivity contribution in [2.24, 2.45) is 0 Å². The summed E-state index contributed by atoms with van der Waals surface area (Å²) < 4.78 is 27.1. The van der Waals surface area contributed by atoms with Gasteiger partial charge in [-0.15, -0.1) is 0 Å². The highest BCUT2D eigenvalue weighted by Gasteiger charge is 2.32. The molecule has 0 saturated heterocycles. The molecule has 3 N–H and O–H groups in total. The standard InChI is InChI=1S/C13H18ClNO5S/c1-3-13(4-2,8-16)15-21(19,20)9-5-6-11(14)10(7-9)12(17)18/h5-7,15-16H,3-4,8H2,1-2H3,(H,17,18). The summed E-state index contributed by atoms with van der Waals surface area (Å²) in [4.78, 5) is 10.8. The van der Waals surface area contributed by atoms with E-state index in [0.29, 0.717) is 12.8 Å². The highest BCUT2D eigenvalue weighted by Crippen LogP contribution is 2.23. The molecule has 0 fully saturated rings. The van der Waals surface area contributed by atoms with Crippen molar-refractivity contribution in [2.75, 3.05) is 6.61 Å². The zero-order valence-electron chi connectivity index (χ0n) is 11.8. The minimum Gasteiger partial charge on any atom is -0.478 e. The van der Waals surface area contributed by atoms with E-state index in [-0.39, 0.29) is 22.1 Å². The van der Waals surface area contributed by atoms with Crippen molar-refractivity contribution >= 4 is 27.6 Å². The van der Waals surface area contributed by atoms with Gasteiger partial charge in [0.2, 0.25) is 10.0 Å². The summed E-state index contributed by atoms with van der Waals surface area (Å²) in [6, 6.07) is 3.45. The van der Waals surface area contributed by atoms with Crippen molar-refractivity contribution in [2.45, 2.75) is 37.1 Å². The fraction of sp³-hybridized carbons (Fsp3) is 0.462. The normalized spacial score (nSPS) is 12.4. The summed E-state index contributed by atoms with van der Waals surface area (Å²) in [5.74, 6) is -1.31. The molecule has 0 radical (unpaired) electrons. The molecule has 0 aliphatic heterocycles. The quantitative estimate of drug-likeness (QED) is 0.705. The number of carboxylic acid groups (broad SMARTS) is 1. The molecule has 1 aromatic carbocycles. The van der Waals surface area contributed by atoms with Crippen molar-refractivity contribution in [3.63, 3.8) is 0 Å². The summed E-state index contributed by atoms with van der Waals surface area (Å²) in [6.07, 6.45) is 0.803. The van der Waals surface area contributed by atoms with Gasteiger partial charge in [-0.1, -0.05) is 25.4 Å². The SMILES string of the molecule is CCC(CC)(CO)NS(=O)(=O)c1ccc(Cl)c(C(=O)O)c1. The van der Waals surface area contributed by atoms with Crippen LogP contribution in [0.3, 0.4) is 0 Å². The fourth-order valence-electron chi connectivity index (χ4n) is 1.83. The van der Waals surface area contributed by atoms with Crippen LogP contribution in [0, 0.1) is 0 Å². The molecular weight excluding hydrogens is 318 g/mol. The minimum atomic E-state index is -3.96. The largest absolute Gasteiger partial charge is 0.478 e. The van der Waals surface area contributed by atoms with Crippen molar-refractivity contribution < 1.29 is 23.4 Å². The lowest BCUT2D eigenvalue weighted by Gasteiger charge is -2.30. The first-order valence-electron chi connectivity index (χ1n) is 6.39. The van der Waals surface area contributed by atoms with Gasteiger partial charge >= 0.3 is 5.97 Å². The predicted molar refractivity (Wildman–Crippen MR) is 79.1 cm³/mol. The van der Waals surface area contributed by atoms with Gasteiger partial charge in [0.15, 0.2) is 0 Å². The molecular formula is C13H18ClNO5S. The lowest BCUT2D eigenvalue weighted by molar-refractivity contribution is 0.0697. The highest BCUT2D eigenvalue weighted by atomic mass is 35.5. The van der Waals surface area contributed by atoms with Gasteiger partial charge in [-0.25, -0.2) is 17.9 Å². The molecule has 0 unspecified atom stereocenters. The maximum atomic E-state index is 12.4. The molecule has 1 aromatic rings. The second-order valence-electron chi connectivity index (χ2n) is 4.70. The van der Waals surface area contributed by atoms with Crippen molar-refractivity contribution in [1.29, 1.82) is 0 Å². The van der Waals surface area contributed by atoms with Crippen LogP contribution in [-0.4, -0.2) is 36.7 Å². The maximum Gasteiger partial charge on any atom is 0.337 e. The highest BCUT2D eigenvalue weighted by molar-refractivity contribution is 7.89. The van der Waals surface area contributed by atoms with Gasteiger partial charge in [-0.3, -0.25) is 0 Å².